The summed E-state index contributed by atoms with van der Waals surface area (Å²) >= 11 is 6.23. The van der Waals surface area contributed by atoms with Gasteiger partial charge >= 0.3 is 0 Å². The van der Waals surface area contributed by atoms with Gasteiger partial charge in [-0.05, 0) is 126 Å². The molecule has 0 aromatic heterocycles. The smallest absolute Gasteiger partial charge is 0.246 e. The average Bonchev–Trinajstić information content (AvgIpc) is 1.70. The van der Waals surface area contributed by atoms with E-state index in [0.29, 0.717) is 82.2 Å². The van der Waals surface area contributed by atoms with E-state index in [1.165, 1.54) is 88.4 Å². The fraction of sp³-hybridized carbons (Fsp3) is 0.743. The first kappa shape index (κ1) is 75.7. The van der Waals surface area contributed by atoms with Gasteiger partial charge in [0.15, 0.2) is 11.9 Å². The van der Waals surface area contributed by atoms with E-state index in [4.69, 9.17) is 11.6 Å². The summed E-state index contributed by atoms with van der Waals surface area (Å²) in [4.78, 5) is 190. The van der Waals surface area contributed by atoms with E-state index in [2.05, 4.69) is 16.0 Å². The van der Waals surface area contributed by atoms with E-state index in [-0.39, 0.29) is 44.1 Å². The molecule has 6 fully saturated rings. The van der Waals surface area contributed by atoms with E-state index in [1.807, 2.05) is 19.1 Å². The molecule has 3 saturated carbocycles. The number of benzene rings is 1. The molecule has 0 bridgehead atoms. The van der Waals surface area contributed by atoms with Gasteiger partial charge in [0.05, 0.1) is 26.1 Å². The minimum atomic E-state index is -1.74. The number of aryl methyl sites for hydroxylation is 1. The van der Waals surface area contributed by atoms with Crippen molar-refractivity contribution in [3.8, 4) is 0 Å². The van der Waals surface area contributed by atoms with Crippen LogP contribution in [-0.4, -0.2) is 251 Å². The number of nitrogens with zero attached hydrogens (tertiary/aromatic N) is 9. The first-order chi connectivity index (χ1) is 45.2. The largest absolute Gasteiger partial charge is 0.343 e. The van der Waals surface area contributed by atoms with Crippen molar-refractivity contribution in [1.29, 1.82) is 0 Å². The molecule has 8 atom stereocenters. The zero-order chi connectivity index (χ0) is 69.5. The minimum absolute atomic E-state index is 0.0852. The highest BCUT2D eigenvalue weighted by Crippen LogP contribution is 2.40. The van der Waals surface area contributed by atoms with Gasteiger partial charge in [0.1, 0.15) is 41.8 Å². The van der Waals surface area contributed by atoms with E-state index >= 15 is 14.4 Å². The van der Waals surface area contributed by atoms with E-state index in [1.54, 1.807) is 31.0 Å². The number of nitrogens with one attached hydrogen (secondary N) is 3. The Balaban J connectivity index is 1.28. The molecule has 3 aliphatic heterocycles. The molecule has 1 aromatic rings. The number of hydrogen-bond acceptors (Lipinski definition) is 13. The number of halogens is 1. The molecule has 95 heavy (non-hydrogen) atoms. The zero-order valence-corrected chi connectivity index (χ0v) is 59.1. The Kier molecular flexibility index (Phi) is 27.5. The van der Waals surface area contributed by atoms with Crippen LogP contribution >= 0.6 is 11.6 Å². The van der Waals surface area contributed by atoms with E-state index in [9.17, 15) is 43.2 Å². The molecule has 7 rings (SSSR count). The monoisotopic (exact) mass is 1340 g/mol. The van der Waals surface area contributed by atoms with Gasteiger partial charge in [0, 0.05) is 74.0 Å². The second-order valence-corrected chi connectivity index (χ2v) is 28.9. The van der Waals surface area contributed by atoms with Gasteiger partial charge in [-0.2, -0.15) is 0 Å². The van der Waals surface area contributed by atoms with Crippen LogP contribution in [0.5, 0.6) is 0 Å². The number of carbonyl (C=O) groups is 12. The maximum Gasteiger partial charge on any atom is 0.246 e. The first-order valence-corrected chi connectivity index (χ1v) is 35.5. The first-order valence-electron chi connectivity index (χ1n) is 35.2. The number of aldehydes is 1. The molecule has 3 N–H and O–H groups in total. The molecular weight excluding hydrogens is 1240 g/mol. The Labute approximate surface area is 567 Å². The molecule has 3 saturated heterocycles. The second-order valence-electron chi connectivity index (χ2n) is 28.5. The predicted octanol–water partition coefficient (Wildman–Crippen LogP) is 4.77. The number of carbonyl (C=O) groups excluding carboxylic acids is 12. The molecule has 1 aromatic carbocycles. The normalized spacial score (nSPS) is 28.1. The maximum atomic E-state index is 16.0. The van der Waals surface area contributed by atoms with Crippen LogP contribution in [-0.2, 0) is 64.0 Å². The molecule has 528 valence electrons. The molecule has 25 heteroatoms. The second kappa shape index (κ2) is 34.5. The van der Waals surface area contributed by atoms with Crippen molar-refractivity contribution in [3.05, 3.63) is 34.9 Å². The Bertz CT molecular complexity index is 2890. The summed E-state index contributed by atoms with van der Waals surface area (Å²) in [5.41, 5.74) is -2.26. The van der Waals surface area contributed by atoms with Gasteiger partial charge in [0.25, 0.3) is 0 Å². The van der Waals surface area contributed by atoms with Crippen molar-refractivity contribution in [2.24, 2.45) is 17.8 Å². The van der Waals surface area contributed by atoms with Gasteiger partial charge in [0.2, 0.25) is 65.0 Å². The van der Waals surface area contributed by atoms with Gasteiger partial charge in [-0.1, -0.05) is 108 Å². The summed E-state index contributed by atoms with van der Waals surface area (Å²) in [6.07, 6.45) is 14.7. The van der Waals surface area contributed by atoms with Crippen molar-refractivity contribution in [2.75, 3.05) is 88.6 Å². The van der Waals surface area contributed by atoms with Crippen LogP contribution in [0.2, 0.25) is 5.02 Å². The van der Waals surface area contributed by atoms with Crippen LogP contribution in [0.25, 0.3) is 0 Å². The molecule has 3 aliphatic carbocycles. The van der Waals surface area contributed by atoms with Crippen molar-refractivity contribution < 1.29 is 57.5 Å². The molecular formula is C70H109ClN12O12. The Hall–Kier alpha value is -6.69. The van der Waals surface area contributed by atoms with Crippen molar-refractivity contribution in [2.45, 2.75) is 229 Å². The number of hydrogen-bond donors (Lipinski definition) is 3. The van der Waals surface area contributed by atoms with Gasteiger partial charge in [-0.3, -0.25) is 62.9 Å². The lowest BCUT2D eigenvalue weighted by molar-refractivity contribution is -0.158. The summed E-state index contributed by atoms with van der Waals surface area (Å²) < 4.78 is 0. The molecule has 6 aliphatic rings. The lowest BCUT2D eigenvalue weighted by Gasteiger charge is -2.46. The molecule has 0 radical (unpaired) electrons. The third-order valence-electron chi connectivity index (χ3n) is 21.8. The van der Waals surface area contributed by atoms with Gasteiger partial charge in [-0.25, -0.2) is 0 Å². The summed E-state index contributed by atoms with van der Waals surface area (Å²) in [6, 6.07) is 0.211. The lowest BCUT2D eigenvalue weighted by atomic mass is 9.81. The Morgan fingerprint density at radius 1 is 0.632 bits per heavy atom. The topological polar surface area (TPSA) is 270 Å². The highest BCUT2D eigenvalue weighted by atomic mass is 35.5. The van der Waals surface area contributed by atoms with Crippen LogP contribution in [0.4, 0.5) is 0 Å². The average molecular weight is 1350 g/mol. The third-order valence-corrected chi connectivity index (χ3v) is 22.0. The summed E-state index contributed by atoms with van der Waals surface area (Å²) in [6.45, 7) is 4.58. The number of amides is 11. The number of fused-ring (bicyclic) bond motifs is 1. The summed E-state index contributed by atoms with van der Waals surface area (Å²) in [5, 5.41) is 9.86. The van der Waals surface area contributed by atoms with E-state index in [0.717, 1.165) is 76.2 Å². The van der Waals surface area contributed by atoms with Gasteiger partial charge < -0.3 is 54.7 Å². The molecule has 3 heterocycles. The molecule has 1 spiro atoms. The van der Waals surface area contributed by atoms with Gasteiger partial charge in [-0.15, -0.1) is 0 Å². The Morgan fingerprint density at radius 2 is 1.23 bits per heavy atom. The number of likely N-dealkylation sites (tertiary alicyclic amines) is 1. The number of piperidine rings is 1. The quantitative estimate of drug-likeness (QED) is 0.253. The summed E-state index contributed by atoms with van der Waals surface area (Å²) in [5.74, 6) is -7.03. The maximum absolute atomic E-state index is 16.0. The summed E-state index contributed by atoms with van der Waals surface area (Å²) in [7, 11) is 10.3. The SMILES string of the molecule is CC[C@H](C)[C@@H]1NC(=O)[C@@H](C)N(C)C(=O)C[C@@H](C(=O)N2CCCCC2)N(C)C(=O)[C@H](C2CCCCC2)N(C)C(=O)C2(CCCC2)N[C@]2(C=O)CCCN2C(=O)[C@H](CCCc2ccc(Cl)cc2)NC(=O)CN(C)C(=O)[C@H](CC2CCCCC2)N(C)C(=O)CN(C)C(=O)CN(C)C1=O. The molecule has 0 unspecified atom stereocenters. The number of rotatable bonds is 11. The van der Waals surface area contributed by atoms with Crippen LogP contribution in [0, 0.1) is 17.8 Å². The number of likely N-dealkylation sites (N-methyl/N-ethyl adjacent to an activating group) is 7. The zero-order valence-electron chi connectivity index (χ0n) is 58.3. The standard InChI is InChI=1S/C70H109ClN12O12/c1-11-47(2)60-66(93)77(6)44-58(87)75(4)45-59(88)79(8)54(41-50-25-15-12-16-26-50)64(91)76(5)43-56(85)72-53(30-23-27-49-31-33-52(71)34-32-49)63(90)83-40-24-37-70(83,46-84)74-69(35-19-20-36-69)68(95)81(10)61(51-28-17-13-18-29-51)67(94)80(9)55(65(92)82-38-21-14-22-39-82)42-57(86)78(7)48(3)62(89)73-60/h31-34,46-48,50-51,53-55,60-61,74H,11-30,35-45H2,1-10H3,(H,72,85)(H,73,89)/t47-,48+,53-,54-,55-,60-,61-,70+/m0/s1. The molecule has 11 amide bonds. The van der Waals surface area contributed by atoms with Crippen LogP contribution in [0.1, 0.15) is 180 Å². The highest BCUT2D eigenvalue weighted by Gasteiger charge is 2.56. The predicted molar refractivity (Wildman–Crippen MR) is 359 cm³/mol. The lowest BCUT2D eigenvalue weighted by Crippen LogP contribution is -2.71. The third kappa shape index (κ3) is 18.7. The highest BCUT2D eigenvalue weighted by molar-refractivity contribution is 6.30. The van der Waals surface area contributed by atoms with Crippen molar-refractivity contribution in [3.63, 3.8) is 0 Å². The van der Waals surface area contributed by atoms with Crippen molar-refractivity contribution in [1.82, 2.24) is 60.0 Å². The van der Waals surface area contributed by atoms with Crippen LogP contribution in [0.3, 0.4) is 0 Å². The van der Waals surface area contributed by atoms with Crippen LogP contribution in [0.15, 0.2) is 24.3 Å². The Morgan fingerprint density at radius 3 is 1.85 bits per heavy atom. The van der Waals surface area contributed by atoms with E-state index < -0.39 is 144 Å². The van der Waals surface area contributed by atoms with Crippen LogP contribution < -0.4 is 16.0 Å². The molecule has 24 nitrogen and oxygen atoms in total. The fourth-order valence-corrected chi connectivity index (χ4v) is 15.4. The van der Waals surface area contributed by atoms with Crippen molar-refractivity contribution >= 4 is 82.9 Å². The minimum Gasteiger partial charge on any atom is -0.343 e. The fourth-order valence-electron chi connectivity index (χ4n) is 15.3.